The van der Waals surface area contributed by atoms with Crippen molar-refractivity contribution in [1.82, 2.24) is 40.0 Å². The number of hydrogen-bond acceptors (Lipinski definition) is 22. The molecule has 13 aliphatic rings. The van der Waals surface area contributed by atoms with Gasteiger partial charge >= 0.3 is 88.5 Å². The van der Waals surface area contributed by atoms with Crippen molar-refractivity contribution in [2.45, 2.75) is 309 Å². The fourth-order valence-electron chi connectivity index (χ4n) is 17.6. The Kier molecular flexibility index (Phi) is 62.5. The Balaban J connectivity index is 0.000000288. The van der Waals surface area contributed by atoms with Crippen molar-refractivity contribution in [3.05, 3.63) is 265 Å². The first-order valence-corrected chi connectivity index (χ1v) is 68.4. The van der Waals surface area contributed by atoms with Crippen LogP contribution >= 0.6 is 50.6 Å². The quantitative estimate of drug-likeness (QED) is 0.00780. The maximum Gasteiger partial charge on any atom is 2.00 e. The summed E-state index contributed by atoms with van der Waals surface area (Å²) < 4.78 is 19.3. The molecule has 11 fully saturated rings. The number of fused-ring (bicyclic) bond motifs is 4. The number of amides is 1. The number of ketones is 3. The first-order chi connectivity index (χ1) is 70.0. The van der Waals surface area contributed by atoms with Crippen molar-refractivity contribution < 1.29 is 103 Å². The van der Waals surface area contributed by atoms with Crippen LogP contribution < -0.4 is 17.0 Å². The van der Waals surface area contributed by atoms with Crippen LogP contribution in [0.3, 0.4) is 0 Å². The first-order valence-electron chi connectivity index (χ1n) is 52.5. The standard InChI is InChI=1S/C18H23NO.C18H21NO.C13H18N2O2.C13H17NO2.C13H15NO.C11H13NO2.C10H12ClNO2.C5H6.C4H7BO.C3H7BO2.C3H8O.C2H6S.C2H3.3BrH.Mg.Zn/c2*1-2-14-7-8-15(12-5-6-12)17(19-14)18(20)16-10-11-3-4-13(16)9-11;1-4-10-7-8-11(9-5-6-9)12(14-10)13(16)15(2)17-3;1-3-10-7-8-11(9-5-6-9)12(14-10)13(15)16-4-2;1-3-10-7-8-11(9-5-6-9)13(14-10)12(15)4-2;1-2-8-5-6-9(7-3-4-7)10(12-8)11(13)14;1-3-7-5-6-8(11)9(12-7)10(13)14-4-2;1-2-4-5-3-1;5-4-2-1-3-6-4;5-4(6)3-1-2-3;1-3-4-2;1-3-2;1-2;;;;;/h7-8,11-13,16H,2-6,9-10H2,1H3;3-4,7-8,11-13,16H,2,5-6,9-10H2,1H3;7-9H,4-6H2,1-3H3;7-9H,3-6H2,1-2H3;4,7-9H,2-3,5-6H2,1H3;5-7H,2-4H2,1H3,(H,13,14);5-6H,3-4H2,1-2H3;1-4H,5H2;4H,1-3H2;3,5-6H,1-2H2;3H2,1-2H3;1-2H3;1H,2H2;3*1H;;/q;;;;;;;;;;;;-1;;;;2*+2/p-3. The number of esters is 2. The van der Waals surface area contributed by atoms with Gasteiger partial charge < -0.3 is 57.7 Å². The third-order valence-corrected chi connectivity index (χ3v) is 27.2. The molecule has 2 radical (unpaired) electrons. The smallest absolute Gasteiger partial charge is 0.521 e. The third kappa shape index (κ3) is 43.8. The Bertz CT molecular complexity index is 5350. The molecule has 20 rings (SSSR count). The minimum atomic E-state index is -1.04. The first kappa shape index (κ1) is 130. The summed E-state index contributed by atoms with van der Waals surface area (Å²) in [7, 11) is 9.05. The molecular weight excluding hydrogens is 2150 g/mol. The van der Waals surface area contributed by atoms with E-state index in [9.17, 15) is 33.6 Å². The van der Waals surface area contributed by atoms with Crippen LogP contribution in [0.15, 0.2) is 141 Å². The van der Waals surface area contributed by atoms with Crippen LogP contribution in [0.25, 0.3) is 0 Å². The summed E-state index contributed by atoms with van der Waals surface area (Å²) >= 11 is 13.8. The number of carbonyl (C=O) groups is 7. The van der Waals surface area contributed by atoms with Crippen LogP contribution in [0.2, 0.25) is 10.8 Å². The minimum absolute atomic E-state index is 0. The molecule has 23 nitrogen and oxygen atoms in total. The van der Waals surface area contributed by atoms with Gasteiger partial charge in [0.15, 0.2) is 28.6 Å². The number of hydroxylamine groups is 2. The number of ether oxygens (including phenoxy) is 4. The Labute approximate surface area is 934 Å². The van der Waals surface area contributed by atoms with Crippen LogP contribution in [-0.2, 0) is 81.9 Å². The van der Waals surface area contributed by atoms with E-state index in [2.05, 4.69) is 157 Å². The fraction of sp³-hybridized carbons (Fsp3) is 0.548. The Morgan fingerprint density at radius 2 is 0.857 bits per heavy atom. The second kappa shape index (κ2) is 70.4. The normalized spacial score (nSPS) is 19.1. The average Bonchev–Trinajstić information content (AvgIpc) is 1.64. The number of nitrogens with zero attached hydrogens (tertiary/aromatic N) is 8. The van der Waals surface area contributed by atoms with Crippen LogP contribution in [0.5, 0.6) is 0 Å². The number of aromatic nitrogens is 7. The van der Waals surface area contributed by atoms with Crippen LogP contribution in [0, 0.1) is 42.1 Å². The number of rotatable bonds is 28. The van der Waals surface area contributed by atoms with Crippen LogP contribution in [0.1, 0.15) is 399 Å². The van der Waals surface area contributed by atoms with Crippen LogP contribution in [-0.4, -0.2) is 200 Å². The summed E-state index contributed by atoms with van der Waals surface area (Å²) in [4.78, 5) is 120. The summed E-state index contributed by atoms with van der Waals surface area (Å²) in [6.07, 6.45) is 51.0. The van der Waals surface area contributed by atoms with Gasteiger partial charge in [0, 0.05) is 85.1 Å². The second-order valence-electron chi connectivity index (χ2n) is 37.9. The zero-order valence-corrected chi connectivity index (χ0v) is 100. The van der Waals surface area contributed by atoms with E-state index >= 15 is 0 Å². The number of Topliss-reactive ketones (excluding diaryl/α,β-unsaturated/α-hetero) is 2. The molecule has 7 aromatic heterocycles. The number of methoxy groups -OCH3 is 1. The molecule has 1 aliphatic heterocycles. The molecule has 147 heavy (non-hydrogen) atoms. The SMILES string of the molecule is C1=CCC=C1.C=CC(=O)c1nc(CC)ccc1C1CC1.CCOC.CCOC(=O)c1nc(CC)ccc1C1CC1.CCOC(=O)c1nc(CC)ccc1Cl.CCc1ccc(C2CC2)c(C(=O)C2CC3C=CC2C3)n1.CCc1ccc(C2CC2)c(C(=O)C2CC3CCC2C3)n1.CCc1ccc(C2CC2)c(C(=O)N(C)OC)n1.CCc1ccc(C2CC2)c(C(=O)O)n1.CSC.OB(O)C1CC1.[B]C1CCCO1.[Br-].[Br][Zn][Br].[CH-]=C.[Mg+2]. The average molecular weight is 2310 g/mol. The number of allylic oxidation sites excluding steroid dienone is 7. The van der Waals surface area contributed by atoms with Gasteiger partial charge in [-0.3, -0.25) is 30.6 Å². The second-order valence-corrected chi connectivity index (χ2v) is 53.2. The Hall–Kier alpha value is -6.96. The molecule has 10 saturated carbocycles. The van der Waals surface area contributed by atoms with E-state index in [0.717, 1.165) is 208 Å². The van der Waals surface area contributed by atoms with Crippen molar-refractivity contribution >= 4 is 130 Å². The predicted octanol–water partition coefficient (Wildman–Crippen LogP) is 22.5. The monoisotopic (exact) mass is 2300 g/mol. The molecule has 0 aromatic carbocycles. The summed E-state index contributed by atoms with van der Waals surface area (Å²) in [5, 5.41) is 27.1. The number of carbonyl (C=O) groups excluding carboxylic acids is 6. The van der Waals surface area contributed by atoms with E-state index in [1.807, 2.05) is 103 Å². The Morgan fingerprint density at radius 3 is 1.14 bits per heavy atom. The van der Waals surface area contributed by atoms with Crippen molar-refractivity contribution in [3.63, 3.8) is 0 Å². The predicted molar refractivity (Wildman–Crippen MR) is 592 cm³/mol. The molecule has 0 spiro atoms. The third-order valence-electron chi connectivity index (χ3n) is 26.9. The summed E-state index contributed by atoms with van der Waals surface area (Å²) in [5.74, 6) is 5.39. The number of aromatic carboxylic acids is 1. The molecule has 7 unspecified atom stereocenters. The van der Waals surface area contributed by atoms with Gasteiger partial charge in [-0.15, -0.1) is 0 Å². The molecule has 7 aromatic rings. The van der Waals surface area contributed by atoms with Gasteiger partial charge in [-0.1, -0.05) is 159 Å². The molecule has 8 heterocycles. The minimum Gasteiger partial charge on any atom is -0.521 e. The van der Waals surface area contributed by atoms with Crippen LogP contribution in [0.4, 0.5) is 0 Å². The fourth-order valence-corrected chi connectivity index (χ4v) is 17.8. The number of pyridine rings is 7. The maximum absolute atomic E-state index is 13.0. The van der Waals surface area contributed by atoms with E-state index in [-0.39, 0.29) is 106 Å². The summed E-state index contributed by atoms with van der Waals surface area (Å²) in [6, 6.07) is 28.1. The molecule has 7 atom stereocenters. The zero-order valence-electron chi connectivity index (χ0n) is 89.5. The molecule has 3 N–H and O–H groups in total. The summed E-state index contributed by atoms with van der Waals surface area (Å²) in [5.41, 5.74) is 17.1. The molecular formula is C115H156B2Br3ClMgN8O15SZn. The van der Waals surface area contributed by atoms with Crippen molar-refractivity contribution in [2.75, 3.05) is 60.2 Å². The van der Waals surface area contributed by atoms with Gasteiger partial charge in [-0.25, -0.2) is 54.3 Å². The van der Waals surface area contributed by atoms with E-state index in [1.165, 1.54) is 106 Å². The zero-order chi connectivity index (χ0) is 106. The number of hydrogen-bond donors (Lipinski definition) is 3. The number of thioether (sulfide) groups is 1. The van der Waals surface area contributed by atoms with Gasteiger partial charge in [0.1, 0.15) is 30.6 Å². The van der Waals surface area contributed by atoms with Gasteiger partial charge in [0.2, 0.25) is 5.78 Å². The van der Waals surface area contributed by atoms with E-state index in [1.54, 1.807) is 45.0 Å². The molecule has 1 amide bonds. The topological polar surface area (TPSA) is 320 Å². The maximum atomic E-state index is 13.0. The molecule has 4 bridgehead atoms. The number of carboxylic acids is 1. The van der Waals surface area contributed by atoms with Gasteiger partial charge in [0.05, 0.1) is 25.3 Å². The van der Waals surface area contributed by atoms with E-state index in [0.29, 0.717) is 100 Å². The number of aryl methyl sites for hydroxylation is 7. The van der Waals surface area contributed by atoms with Crippen molar-refractivity contribution in [1.29, 1.82) is 0 Å². The van der Waals surface area contributed by atoms with E-state index in [4.69, 9.17) is 63.6 Å². The van der Waals surface area contributed by atoms with E-state index < -0.39 is 19.1 Å². The molecule has 790 valence electrons. The molecule has 32 heteroatoms. The number of halogens is 4. The Morgan fingerprint density at radius 1 is 0.503 bits per heavy atom. The van der Waals surface area contributed by atoms with Crippen molar-refractivity contribution in [3.8, 4) is 0 Å². The largest absolute Gasteiger partial charge is 2.00 e. The molecule has 12 aliphatic carbocycles. The number of carboxylic acid groups (broad SMARTS) is 1. The van der Waals surface area contributed by atoms with Gasteiger partial charge in [-0.2, -0.15) is 11.8 Å². The van der Waals surface area contributed by atoms with Crippen molar-refractivity contribution in [2.24, 2.45) is 35.5 Å². The van der Waals surface area contributed by atoms with Gasteiger partial charge in [-0.05, 0) is 360 Å². The van der Waals surface area contributed by atoms with Gasteiger partial charge in [0.25, 0.3) is 5.91 Å². The molecule has 1 saturated heterocycles. The summed E-state index contributed by atoms with van der Waals surface area (Å²) in [6.45, 7) is 32.7.